The molecule has 5 unspecified atom stereocenters. The van der Waals surface area contributed by atoms with Gasteiger partial charge >= 0.3 is 39.5 Å². The number of phosphoric acid groups is 2. The maximum Gasteiger partial charge on any atom is 0.472 e. The molecule has 0 bridgehead atoms. The molecule has 19 heteroatoms. The van der Waals surface area contributed by atoms with Gasteiger partial charge in [0.1, 0.15) is 19.3 Å². The predicted molar refractivity (Wildman–Crippen MR) is 381 cm³/mol. The molecule has 0 heterocycles. The molecule has 0 fully saturated rings. The molecule has 0 aromatic rings. The average molecular weight is 1380 g/mol. The minimum atomic E-state index is -4.96. The highest BCUT2D eigenvalue weighted by Gasteiger charge is 2.30. The van der Waals surface area contributed by atoms with Gasteiger partial charge in [-0.2, -0.15) is 0 Å². The van der Waals surface area contributed by atoms with Gasteiger partial charge in [0.25, 0.3) is 0 Å². The van der Waals surface area contributed by atoms with E-state index in [1.54, 1.807) is 0 Å². The Bertz CT molecular complexity index is 1880. The maximum absolute atomic E-state index is 13.1. The second kappa shape index (κ2) is 69.0. The van der Waals surface area contributed by atoms with Crippen molar-refractivity contribution in [3.8, 4) is 0 Å². The van der Waals surface area contributed by atoms with Crippen LogP contribution in [0.2, 0.25) is 0 Å². The molecule has 3 N–H and O–H groups in total. The van der Waals surface area contributed by atoms with Crippen LogP contribution < -0.4 is 0 Å². The number of rotatable bonds is 74. The zero-order chi connectivity index (χ0) is 69.0. The van der Waals surface area contributed by atoms with E-state index in [9.17, 15) is 43.2 Å². The number of carbonyl (C=O) groups is 4. The molecule has 0 aromatic heterocycles. The number of hydrogen-bond donors (Lipinski definition) is 3. The average Bonchev–Trinajstić information content (AvgIpc) is 1.63. The predicted octanol–water partition coefficient (Wildman–Crippen LogP) is 21.8. The molecule has 17 nitrogen and oxygen atoms in total. The van der Waals surface area contributed by atoms with Crippen LogP contribution in [-0.2, 0) is 65.4 Å². The Balaban J connectivity index is 5.28. The van der Waals surface area contributed by atoms with E-state index in [4.69, 9.17) is 37.0 Å². The van der Waals surface area contributed by atoms with Crippen molar-refractivity contribution in [1.29, 1.82) is 0 Å². The Labute approximate surface area is 573 Å². The molecule has 0 radical (unpaired) electrons. The number of carbonyl (C=O) groups excluding carboxylic acids is 4. The van der Waals surface area contributed by atoms with Crippen molar-refractivity contribution in [3.05, 3.63) is 24.3 Å². The van der Waals surface area contributed by atoms with Crippen molar-refractivity contribution in [2.75, 3.05) is 39.6 Å². The number of allylic oxidation sites excluding steroid dienone is 4. The summed E-state index contributed by atoms with van der Waals surface area (Å²) in [4.78, 5) is 72.8. The first-order valence-corrected chi connectivity index (χ1v) is 41.6. The molecule has 0 aromatic carbocycles. The third-order valence-corrected chi connectivity index (χ3v) is 18.8. The lowest BCUT2D eigenvalue weighted by Gasteiger charge is -2.21. The van der Waals surface area contributed by atoms with Crippen molar-refractivity contribution < 1.29 is 80.2 Å². The molecule has 0 aliphatic carbocycles. The lowest BCUT2D eigenvalue weighted by atomic mass is 10.0. The van der Waals surface area contributed by atoms with E-state index in [0.29, 0.717) is 25.7 Å². The van der Waals surface area contributed by atoms with Crippen LogP contribution in [0, 0.1) is 0 Å². The fraction of sp³-hybridized carbons (Fsp3) is 0.893. The van der Waals surface area contributed by atoms with E-state index >= 15 is 0 Å². The van der Waals surface area contributed by atoms with Crippen LogP contribution in [0.5, 0.6) is 0 Å². The quantitative estimate of drug-likeness (QED) is 0.0169. The van der Waals surface area contributed by atoms with E-state index in [1.807, 2.05) is 0 Å². The first-order valence-electron chi connectivity index (χ1n) is 38.6. The molecule has 0 aliphatic rings. The minimum absolute atomic E-state index is 0.0871. The van der Waals surface area contributed by atoms with Gasteiger partial charge in [-0.3, -0.25) is 37.3 Å². The molecule has 5 atom stereocenters. The molecule has 0 aliphatic heterocycles. The fourth-order valence-corrected chi connectivity index (χ4v) is 12.6. The molecular formula is C75H142O17P2. The first kappa shape index (κ1) is 91.5. The Morgan fingerprint density at radius 3 is 0.830 bits per heavy atom. The highest BCUT2D eigenvalue weighted by molar-refractivity contribution is 7.47. The van der Waals surface area contributed by atoms with Gasteiger partial charge in [0, 0.05) is 25.7 Å². The first-order chi connectivity index (χ1) is 45.7. The van der Waals surface area contributed by atoms with E-state index in [2.05, 4.69) is 52.0 Å². The Hall–Kier alpha value is -2.46. The second-order valence-corrected chi connectivity index (χ2v) is 29.2. The van der Waals surface area contributed by atoms with Gasteiger partial charge in [-0.1, -0.05) is 322 Å². The van der Waals surface area contributed by atoms with Crippen molar-refractivity contribution in [2.24, 2.45) is 0 Å². The maximum atomic E-state index is 13.1. The Kier molecular flexibility index (Phi) is 67.2. The largest absolute Gasteiger partial charge is 0.472 e. The number of hydrogen-bond acceptors (Lipinski definition) is 15. The van der Waals surface area contributed by atoms with Crippen LogP contribution in [0.15, 0.2) is 24.3 Å². The Morgan fingerprint density at radius 1 is 0.298 bits per heavy atom. The zero-order valence-corrected chi connectivity index (χ0v) is 62.2. The van der Waals surface area contributed by atoms with Gasteiger partial charge in [0.2, 0.25) is 0 Å². The van der Waals surface area contributed by atoms with Gasteiger partial charge in [-0.15, -0.1) is 0 Å². The number of aliphatic hydroxyl groups is 1. The molecule has 0 amide bonds. The molecular weight excluding hydrogens is 1230 g/mol. The zero-order valence-electron chi connectivity index (χ0n) is 60.4. The van der Waals surface area contributed by atoms with Crippen molar-refractivity contribution in [2.45, 2.75) is 393 Å². The molecule has 554 valence electrons. The summed E-state index contributed by atoms with van der Waals surface area (Å²) in [6.45, 7) is 4.88. The summed E-state index contributed by atoms with van der Waals surface area (Å²) in [5, 5.41) is 10.6. The standard InChI is InChI=1S/C75H142O17P2/c1-5-9-13-17-21-25-29-33-34-38-40-44-48-52-56-60-73(78)86-66-71(92-75(80)62-58-54-50-46-42-37-32-28-24-20-16-12-8-4)68-90-94(83,84)88-64-69(76)63-87-93(81,82)89-67-70(91-74(79)61-57-53-49-45-41-36-31-27-23-19-15-11-7-3)65-85-72(77)59-55-51-47-43-39-35-30-26-22-18-14-10-6-2/h16,20,28,32,69-71,76H,5-15,17-19,21-27,29-31,33-68H2,1-4H3,(H,81,82)(H,83,84)/b20-16-,32-28-. The second-order valence-electron chi connectivity index (χ2n) is 26.3. The Morgan fingerprint density at radius 2 is 0.543 bits per heavy atom. The van der Waals surface area contributed by atoms with E-state index in [0.717, 1.165) is 116 Å². The van der Waals surface area contributed by atoms with Crippen molar-refractivity contribution in [3.63, 3.8) is 0 Å². The topological polar surface area (TPSA) is 237 Å². The van der Waals surface area contributed by atoms with Crippen LogP contribution in [0.3, 0.4) is 0 Å². The van der Waals surface area contributed by atoms with E-state index in [1.165, 1.54) is 180 Å². The van der Waals surface area contributed by atoms with Gasteiger partial charge in [-0.05, 0) is 51.4 Å². The van der Waals surface area contributed by atoms with Crippen LogP contribution in [-0.4, -0.2) is 96.7 Å². The fourth-order valence-electron chi connectivity index (χ4n) is 11.0. The monoisotopic (exact) mass is 1380 g/mol. The SMILES string of the molecule is CCC/C=C\C/C=C\CCCCCCCC(=O)OC(COC(=O)CCCCCCCCCCCCCCCCC)COP(=O)(O)OCC(O)COP(=O)(O)OCC(COC(=O)CCCCCCCCCCCCCCC)OC(=O)CCCCCCCCCCCCCCC. The molecule has 0 spiro atoms. The van der Waals surface area contributed by atoms with E-state index < -0.39 is 97.5 Å². The third kappa shape index (κ3) is 68.1. The van der Waals surface area contributed by atoms with Gasteiger partial charge in [-0.25, -0.2) is 9.13 Å². The normalized spacial score (nSPS) is 14.1. The molecule has 94 heavy (non-hydrogen) atoms. The van der Waals surface area contributed by atoms with Crippen LogP contribution in [0.4, 0.5) is 0 Å². The van der Waals surface area contributed by atoms with Crippen molar-refractivity contribution >= 4 is 39.5 Å². The number of unbranched alkanes of at least 4 members (excludes halogenated alkanes) is 44. The summed E-state index contributed by atoms with van der Waals surface area (Å²) in [6.07, 6.45) is 61.6. The van der Waals surface area contributed by atoms with Gasteiger partial charge < -0.3 is 33.8 Å². The van der Waals surface area contributed by atoms with E-state index in [-0.39, 0.29) is 25.7 Å². The lowest BCUT2D eigenvalue weighted by Crippen LogP contribution is -2.30. The van der Waals surface area contributed by atoms with Gasteiger partial charge in [0.15, 0.2) is 12.2 Å². The van der Waals surface area contributed by atoms with Crippen LogP contribution >= 0.6 is 15.6 Å². The minimum Gasteiger partial charge on any atom is -0.462 e. The number of aliphatic hydroxyl groups excluding tert-OH is 1. The summed E-state index contributed by atoms with van der Waals surface area (Å²) >= 11 is 0. The number of phosphoric ester groups is 2. The summed E-state index contributed by atoms with van der Waals surface area (Å²) < 4.78 is 68.5. The highest BCUT2D eigenvalue weighted by atomic mass is 31.2. The van der Waals surface area contributed by atoms with Crippen LogP contribution in [0.25, 0.3) is 0 Å². The highest BCUT2D eigenvalue weighted by Crippen LogP contribution is 2.45. The summed E-state index contributed by atoms with van der Waals surface area (Å²) in [5.74, 6) is -2.14. The molecule has 0 rings (SSSR count). The lowest BCUT2D eigenvalue weighted by molar-refractivity contribution is -0.161. The van der Waals surface area contributed by atoms with Crippen molar-refractivity contribution in [1.82, 2.24) is 0 Å². The third-order valence-electron chi connectivity index (χ3n) is 16.9. The number of esters is 4. The van der Waals surface area contributed by atoms with Gasteiger partial charge in [0.05, 0.1) is 26.4 Å². The summed E-state index contributed by atoms with van der Waals surface area (Å²) in [6, 6.07) is 0. The summed E-state index contributed by atoms with van der Waals surface area (Å²) in [7, 11) is -9.92. The number of ether oxygens (including phenoxy) is 4. The smallest absolute Gasteiger partial charge is 0.462 e. The molecule has 0 saturated carbocycles. The van der Waals surface area contributed by atoms with Crippen LogP contribution in [0.1, 0.15) is 374 Å². The molecule has 0 saturated heterocycles. The summed E-state index contributed by atoms with van der Waals surface area (Å²) in [5.41, 5.74) is 0.